The number of hydrogen-bond donors (Lipinski definition) is 1. The number of halogens is 1. The Morgan fingerprint density at radius 2 is 1.63 bits per heavy atom. The first kappa shape index (κ1) is 19.4. The van der Waals surface area contributed by atoms with E-state index in [2.05, 4.69) is 4.99 Å². The van der Waals surface area contributed by atoms with Gasteiger partial charge in [-0.2, -0.15) is 0 Å². The Morgan fingerprint density at radius 3 is 2.27 bits per heavy atom. The molecule has 0 radical (unpaired) electrons. The van der Waals surface area contributed by atoms with Crippen LogP contribution in [0.3, 0.4) is 0 Å². The molecule has 0 bridgehead atoms. The molecule has 0 spiro atoms. The predicted octanol–water partition coefficient (Wildman–Crippen LogP) is 4.43. The number of amidine groups is 1. The van der Waals surface area contributed by atoms with Gasteiger partial charge in [0.2, 0.25) is 0 Å². The number of aromatic hydroxyl groups is 1. The molecule has 3 aromatic rings. The van der Waals surface area contributed by atoms with Gasteiger partial charge in [-0.05, 0) is 60.2 Å². The molecule has 0 saturated carbocycles. The van der Waals surface area contributed by atoms with Gasteiger partial charge in [0, 0.05) is 19.8 Å². The Kier molecular flexibility index (Phi) is 5.06. The molecule has 150 valence electrons. The molecule has 3 aromatic carbocycles. The first-order valence-electron chi connectivity index (χ1n) is 9.40. The van der Waals surface area contributed by atoms with Gasteiger partial charge in [-0.15, -0.1) is 0 Å². The fourth-order valence-electron chi connectivity index (χ4n) is 3.21. The molecule has 0 unspecified atom stereocenters. The summed E-state index contributed by atoms with van der Waals surface area (Å²) in [5, 5.41) is 9.59. The molecule has 0 aliphatic carbocycles. The second kappa shape index (κ2) is 7.83. The summed E-state index contributed by atoms with van der Waals surface area (Å²) < 4.78 is 14.5. The predicted molar refractivity (Wildman–Crippen MR) is 117 cm³/mol. The zero-order chi connectivity index (χ0) is 21.3. The fourth-order valence-corrected chi connectivity index (χ4v) is 3.21. The molecule has 0 saturated heterocycles. The normalized spacial score (nSPS) is 14.9. The minimum atomic E-state index is -0.468. The van der Waals surface area contributed by atoms with Crippen LogP contribution in [0, 0.1) is 5.82 Å². The molecule has 4 rings (SSSR count). The lowest BCUT2D eigenvalue weighted by atomic mass is 10.1. The number of phenolic OH excluding ortho intramolecular Hbond substituents is 1. The molecular formula is C24H20FN3O2. The molecule has 0 atom stereocenters. The molecule has 1 heterocycles. The second-order valence-electron chi connectivity index (χ2n) is 7.09. The highest BCUT2D eigenvalue weighted by Crippen LogP contribution is 2.30. The van der Waals surface area contributed by atoms with Gasteiger partial charge in [0.15, 0.2) is 5.84 Å². The van der Waals surface area contributed by atoms with Gasteiger partial charge in [-0.1, -0.05) is 24.3 Å². The van der Waals surface area contributed by atoms with E-state index < -0.39 is 5.82 Å². The van der Waals surface area contributed by atoms with Crippen molar-refractivity contribution in [3.8, 4) is 5.75 Å². The minimum absolute atomic E-state index is 0.0755. The maximum Gasteiger partial charge on any atom is 0.282 e. The molecule has 30 heavy (non-hydrogen) atoms. The lowest BCUT2D eigenvalue weighted by Gasteiger charge is -2.18. The standard InChI is InChI=1S/C24H20FN3O2/c1-27(2)17-9-7-16(8-10-17)15-22-24(30)28(18-11-13-19(29)14-12-18)23(26-22)20-5-3-4-6-21(20)25/h3-15,29H,1-2H3/b22-15-. The number of carbonyl (C=O) groups excluding carboxylic acids is 1. The number of nitrogens with zero attached hydrogens (tertiary/aromatic N) is 3. The van der Waals surface area contributed by atoms with Crippen molar-refractivity contribution < 1.29 is 14.3 Å². The van der Waals surface area contributed by atoms with Crippen molar-refractivity contribution >= 4 is 29.2 Å². The summed E-state index contributed by atoms with van der Waals surface area (Å²) in [6, 6.07) is 20.0. The van der Waals surface area contributed by atoms with Gasteiger partial charge < -0.3 is 10.0 Å². The number of aliphatic imine (C=N–C) groups is 1. The summed E-state index contributed by atoms with van der Waals surface area (Å²) in [4.78, 5) is 21.0. The molecule has 1 N–H and O–H groups in total. The highest BCUT2D eigenvalue weighted by atomic mass is 19.1. The number of rotatable bonds is 4. The van der Waals surface area contributed by atoms with Gasteiger partial charge >= 0.3 is 0 Å². The highest BCUT2D eigenvalue weighted by Gasteiger charge is 2.33. The summed E-state index contributed by atoms with van der Waals surface area (Å²) in [5.41, 5.74) is 2.78. The van der Waals surface area contributed by atoms with Crippen molar-refractivity contribution in [3.05, 3.63) is 95.4 Å². The van der Waals surface area contributed by atoms with E-state index in [0.717, 1.165) is 11.3 Å². The molecular weight excluding hydrogens is 381 g/mol. The zero-order valence-electron chi connectivity index (χ0n) is 16.6. The number of benzene rings is 3. The zero-order valence-corrected chi connectivity index (χ0v) is 16.6. The Hall–Kier alpha value is -3.93. The summed E-state index contributed by atoms with van der Waals surface area (Å²) >= 11 is 0. The van der Waals surface area contributed by atoms with Crippen LogP contribution in [-0.2, 0) is 4.79 Å². The summed E-state index contributed by atoms with van der Waals surface area (Å²) in [7, 11) is 3.91. The first-order valence-corrected chi connectivity index (χ1v) is 9.40. The average Bonchev–Trinajstić information content (AvgIpc) is 3.05. The van der Waals surface area contributed by atoms with Crippen LogP contribution in [-0.4, -0.2) is 30.9 Å². The lowest BCUT2D eigenvalue weighted by molar-refractivity contribution is -0.113. The Labute approximate surface area is 174 Å². The van der Waals surface area contributed by atoms with Crippen LogP contribution in [0.15, 0.2) is 83.5 Å². The summed E-state index contributed by atoms with van der Waals surface area (Å²) in [5.74, 6) is -0.550. The quantitative estimate of drug-likeness (QED) is 0.658. The van der Waals surface area contributed by atoms with Crippen LogP contribution in [0.1, 0.15) is 11.1 Å². The SMILES string of the molecule is CN(C)c1ccc(/C=C2\N=C(c3ccccc3F)N(c3ccc(O)cc3)C2=O)cc1. The van der Waals surface area contributed by atoms with Crippen molar-refractivity contribution in [1.82, 2.24) is 0 Å². The van der Waals surface area contributed by atoms with Crippen molar-refractivity contribution in [3.63, 3.8) is 0 Å². The van der Waals surface area contributed by atoms with Crippen molar-refractivity contribution in [2.45, 2.75) is 0 Å². The van der Waals surface area contributed by atoms with Crippen molar-refractivity contribution in [2.75, 3.05) is 23.9 Å². The first-order chi connectivity index (χ1) is 14.4. The summed E-state index contributed by atoms with van der Waals surface area (Å²) in [6.07, 6.45) is 1.68. The molecule has 0 aromatic heterocycles. The number of anilines is 2. The van der Waals surface area contributed by atoms with E-state index in [1.54, 1.807) is 36.4 Å². The number of hydrogen-bond acceptors (Lipinski definition) is 4. The smallest absolute Gasteiger partial charge is 0.282 e. The van der Waals surface area contributed by atoms with E-state index in [1.807, 2.05) is 43.3 Å². The van der Waals surface area contributed by atoms with Crippen LogP contribution in [0.4, 0.5) is 15.8 Å². The number of carbonyl (C=O) groups is 1. The minimum Gasteiger partial charge on any atom is -0.508 e. The van der Waals surface area contributed by atoms with E-state index in [-0.39, 0.29) is 28.8 Å². The van der Waals surface area contributed by atoms with Crippen LogP contribution < -0.4 is 9.80 Å². The number of phenols is 1. The van der Waals surface area contributed by atoms with Gasteiger partial charge in [-0.25, -0.2) is 9.38 Å². The molecule has 0 fully saturated rings. The lowest BCUT2D eigenvalue weighted by Crippen LogP contribution is -2.33. The van der Waals surface area contributed by atoms with Crippen molar-refractivity contribution in [1.29, 1.82) is 0 Å². The van der Waals surface area contributed by atoms with E-state index in [0.29, 0.717) is 5.69 Å². The average molecular weight is 401 g/mol. The molecule has 1 amide bonds. The Balaban J connectivity index is 1.79. The third-order valence-corrected chi connectivity index (χ3v) is 4.80. The third kappa shape index (κ3) is 3.67. The topological polar surface area (TPSA) is 56.1 Å². The molecule has 5 nitrogen and oxygen atoms in total. The van der Waals surface area contributed by atoms with Crippen molar-refractivity contribution in [2.24, 2.45) is 4.99 Å². The van der Waals surface area contributed by atoms with Gasteiger partial charge in [0.25, 0.3) is 5.91 Å². The summed E-state index contributed by atoms with van der Waals surface area (Å²) in [6.45, 7) is 0. The van der Waals surface area contributed by atoms with E-state index >= 15 is 0 Å². The molecule has 1 aliphatic heterocycles. The van der Waals surface area contributed by atoms with Crippen LogP contribution in [0.5, 0.6) is 5.75 Å². The van der Waals surface area contributed by atoms with Gasteiger partial charge in [-0.3, -0.25) is 9.69 Å². The van der Waals surface area contributed by atoms with Crippen LogP contribution in [0.25, 0.3) is 6.08 Å². The van der Waals surface area contributed by atoms with Gasteiger partial charge in [0.1, 0.15) is 17.3 Å². The Morgan fingerprint density at radius 1 is 0.967 bits per heavy atom. The maximum atomic E-state index is 14.5. The van der Waals surface area contributed by atoms with E-state index in [9.17, 15) is 14.3 Å². The third-order valence-electron chi connectivity index (χ3n) is 4.80. The van der Waals surface area contributed by atoms with E-state index in [1.165, 1.54) is 23.1 Å². The maximum absolute atomic E-state index is 14.5. The highest BCUT2D eigenvalue weighted by molar-refractivity contribution is 6.33. The van der Waals surface area contributed by atoms with E-state index in [4.69, 9.17) is 0 Å². The molecule has 1 aliphatic rings. The largest absolute Gasteiger partial charge is 0.508 e. The number of amides is 1. The Bertz CT molecular complexity index is 1150. The second-order valence-corrected chi connectivity index (χ2v) is 7.09. The monoisotopic (exact) mass is 401 g/mol. The van der Waals surface area contributed by atoms with Gasteiger partial charge in [0.05, 0.1) is 11.3 Å². The molecule has 6 heteroatoms. The van der Waals surface area contributed by atoms with Crippen LogP contribution >= 0.6 is 0 Å². The van der Waals surface area contributed by atoms with Crippen LogP contribution in [0.2, 0.25) is 0 Å². The fraction of sp³-hybridized carbons (Fsp3) is 0.0833.